The molecule has 1 aliphatic heterocycles. The van der Waals surface area contributed by atoms with Gasteiger partial charge in [-0.2, -0.15) is 0 Å². The molecule has 1 amide bonds. The molecule has 0 bridgehead atoms. The van der Waals surface area contributed by atoms with Gasteiger partial charge in [-0.3, -0.25) is 10.1 Å². The van der Waals surface area contributed by atoms with E-state index in [-0.39, 0.29) is 18.1 Å². The lowest BCUT2D eigenvalue weighted by atomic mass is 10.3. The SMILES string of the molecule is COCCN1C(=O)C(C)NC1c1cccs1. The molecule has 1 aliphatic rings. The number of thiophene rings is 1. The van der Waals surface area contributed by atoms with E-state index in [0.717, 1.165) is 0 Å². The first-order chi connectivity index (χ1) is 7.74. The molecule has 0 aromatic carbocycles. The second kappa shape index (κ2) is 4.95. The van der Waals surface area contributed by atoms with Gasteiger partial charge < -0.3 is 9.64 Å². The van der Waals surface area contributed by atoms with Crippen LogP contribution in [0.2, 0.25) is 0 Å². The van der Waals surface area contributed by atoms with Crippen molar-refractivity contribution < 1.29 is 9.53 Å². The number of hydrogen-bond acceptors (Lipinski definition) is 4. The van der Waals surface area contributed by atoms with Crippen LogP contribution >= 0.6 is 11.3 Å². The first-order valence-electron chi connectivity index (χ1n) is 5.33. The van der Waals surface area contributed by atoms with Crippen molar-refractivity contribution in [1.82, 2.24) is 10.2 Å². The van der Waals surface area contributed by atoms with Gasteiger partial charge in [0.15, 0.2) is 0 Å². The number of rotatable bonds is 4. The maximum Gasteiger partial charge on any atom is 0.241 e. The molecule has 0 radical (unpaired) electrons. The molecular weight excluding hydrogens is 224 g/mol. The topological polar surface area (TPSA) is 41.6 Å². The van der Waals surface area contributed by atoms with Crippen LogP contribution in [0.25, 0.3) is 0 Å². The fourth-order valence-corrected chi connectivity index (χ4v) is 2.68. The van der Waals surface area contributed by atoms with E-state index in [9.17, 15) is 4.79 Å². The van der Waals surface area contributed by atoms with Crippen LogP contribution in [0.5, 0.6) is 0 Å². The van der Waals surface area contributed by atoms with Gasteiger partial charge in [-0.05, 0) is 18.4 Å². The lowest BCUT2D eigenvalue weighted by molar-refractivity contribution is -0.130. The van der Waals surface area contributed by atoms with Crippen LogP contribution in [-0.4, -0.2) is 37.1 Å². The Kier molecular flexibility index (Phi) is 3.58. The van der Waals surface area contributed by atoms with Crippen molar-refractivity contribution in [2.24, 2.45) is 0 Å². The summed E-state index contributed by atoms with van der Waals surface area (Å²) in [7, 11) is 1.65. The van der Waals surface area contributed by atoms with Gasteiger partial charge >= 0.3 is 0 Å². The Labute approximate surface area is 99.2 Å². The van der Waals surface area contributed by atoms with Crippen LogP contribution in [0.4, 0.5) is 0 Å². The average molecular weight is 240 g/mol. The molecule has 1 saturated heterocycles. The fraction of sp³-hybridized carbons (Fsp3) is 0.545. The van der Waals surface area contributed by atoms with Crippen molar-refractivity contribution >= 4 is 17.2 Å². The van der Waals surface area contributed by atoms with E-state index >= 15 is 0 Å². The molecule has 1 aromatic heterocycles. The molecule has 4 nitrogen and oxygen atoms in total. The molecule has 16 heavy (non-hydrogen) atoms. The van der Waals surface area contributed by atoms with Gasteiger partial charge in [0.25, 0.3) is 0 Å². The number of nitrogens with one attached hydrogen (secondary N) is 1. The summed E-state index contributed by atoms with van der Waals surface area (Å²) in [6, 6.07) is 3.95. The molecule has 0 saturated carbocycles. The Morgan fingerprint density at radius 2 is 2.44 bits per heavy atom. The summed E-state index contributed by atoms with van der Waals surface area (Å²) in [4.78, 5) is 15.0. The molecule has 1 aromatic rings. The second-order valence-electron chi connectivity index (χ2n) is 3.83. The Morgan fingerprint density at radius 1 is 1.62 bits per heavy atom. The third kappa shape index (κ3) is 2.11. The Morgan fingerprint density at radius 3 is 3.06 bits per heavy atom. The van der Waals surface area contributed by atoms with Crippen molar-refractivity contribution in [1.29, 1.82) is 0 Å². The molecular formula is C11H16N2O2S. The van der Waals surface area contributed by atoms with Crippen molar-refractivity contribution in [2.75, 3.05) is 20.3 Å². The first kappa shape index (κ1) is 11.6. The number of hydrogen-bond donors (Lipinski definition) is 1. The fourth-order valence-electron chi connectivity index (χ4n) is 1.89. The van der Waals surface area contributed by atoms with Gasteiger partial charge in [-0.1, -0.05) is 6.07 Å². The highest BCUT2D eigenvalue weighted by molar-refractivity contribution is 7.10. The van der Waals surface area contributed by atoms with Crippen LogP contribution < -0.4 is 5.32 Å². The predicted molar refractivity (Wildman–Crippen MR) is 63.2 cm³/mol. The monoisotopic (exact) mass is 240 g/mol. The number of carbonyl (C=O) groups excluding carboxylic acids is 1. The molecule has 2 atom stereocenters. The molecule has 1 N–H and O–H groups in total. The summed E-state index contributed by atoms with van der Waals surface area (Å²) in [5.41, 5.74) is 0. The van der Waals surface area contributed by atoms with E-state index in [0.29, 0.717) is 13.2 Å². The predicted octanol–water partition coefficient (Wildman–Crippen LogP) is 1.21. The summed E-state index contributed by atoms with van der Waals surface area (Å²) >= 11 is 1.66. The normalized spacial score (nSPS) is 25.4. The van der Waals surface area contributed by atoms with Crippen LogP contribution in [0.3, 0.4) is 0 Å². The van der Waals surface area contributed by atoms with Crippen LogP contribution in [0.15, 0.2) is 17.5 Å². The maximum atomic E-state index is 11.9. The lowest BCUT2D eigenvalue weighted by Crippen LogP contribution is -2.33. The first-order valence-corrected chi connectivity index (χ1v) is 6.21. The standard InChI is InChI=1S/C11H16N2O2S/c1-8-11(14)13(5-6-15-2)10(12-8)9-4-3-7-16-9/h3-4,7-8,10,12H,5-6H2,1-2H3. The molecule has 1 fully saturated rings. The minimum atomic E-state index is -0.107. The highest BCUT2D eigenvalue weighted by Crippen LogP contribution is 2.27. The Balaban J connectivity index is 2.13. The van der Waals surface area contributed by atoms with Crippen molar-refractivity contribution in [2.45, 2.75) is 19.1 Å². The third-order valence-corrected chi connectivity index (χ3v) is 3.65. The van der Waals surface area contributed by atoms with E-state index in [1.807, 2.05) is 29.3 Å². The average Bonchev–Trinajstić information content (AvgIpc) is 2.87. The van der Waals surface area contributed by atoms with Gasteiger partial charge in [0.1, 0.15) is 6.17 Å². The summed E-state index contributed by atoms with van der Waals surface area (Å²) in [5.74, 6) is 0.149. The second-order valence-corrected chi connectivity index (χ2v) is 4.81. The van der Waals surface area contributed by atoms with Crippen molar-refractivity contribution in [3.05, 3.63) is 22.4 Å². The van der Waals surface area contributed by atoms with Gasteiger partial charge in [0.05, 0.1) is 12.6 Å². The minimum Gasteiger partial charge on any atom is -0.383 e. The zero-order valence-corrected chi connectivity index (χ0v) is 10.3. The molecule has 0 spiro atoms. The van der Waals surface area contributed by atoms with E-state index in [2.05, 4.69) is 5.32 Å². The van der Waals surface area contributed by atoms with Crippen molar-refractivity contribution in [3.8, 4) is 0 Å². The molecule has 0 aliphatic carbocycles. The van der Waals surface area contributed by atoms with Crippen LogP contribution in [-0.2, 0) is 9.53 Å². The van der Waals surface area contributed by atoms with Crippen LogP contribution in [0.1, 0.15) is 18.0 Å². The van der Waals surface area contributed by atoms with E-state index in [4.69, 9.17) is 4.74 Å². The highest BCUT2D eigenvalue weighted by atomic mass is 32.1. The molecule has 2 rings (SSSR count). The smallest absolute Gasteiger partial charge is 0.241 e. The maximum absolute atomic E-state index is 11.9. The number of carbonyl (C=O) groups is 1. The number of methoxy groups -OCH3 is 1. The van der Waals surface area contributed by atoms with Gasteiger partial charge in [-0.25, -0.2) is 0 Å². The van der Waals surface area contributed by atoms with Crippen molar-refractivity contribution in [3.63, 3.8) is 0 Å². The number of ether oxygens (including phenoxy) is 1. The summed E-state index contributed by atoms with van der Waals surface area (Å²) in [5, 5.41) is 5.32. The van der Waals surface area contributed by atoms with Gasteiger partial charge in [-0.15, -0.1) is 11.3 Å². The Bertz CT molecular complexity index is 353. The van der Waals surface area contributed by atoms with Crippen LogP contribution in [0, 0.1) is 0 Å². The Hall–Kier alpha value is -0.910. The molecule has 88 valence electrons. The molecule has 5 heteroatoms. The zero-order chi connectivity index (χ0) is 11.5. The molecule has 2 heterocycles. The van der Waals surface area contributed by atoms with E-state index < -0.39 is 0 Å². The lowest BCUT2D eigenvalue weighted by Gasteiger charge is -2.22. The third-order valence-electron chi connectivity index (χ3n) is 2.72. The van der Waals surface area contributed by atoms with Gasteiger partial charge in [0, 0.05) is 18.5 Å². The van der Waals surface area contributed by atoms with E-state index in [1.165, 1.54) is 4.88 Å². The highest BCUT2D eigenvalue weighted by Gasteiger charge is 2.37. The molecule has 2 unspecified atom stereocenters. The van der Waals surface area contributed by atoms with E-state index in [1.54, 1.807) is 18.4 Å². The number of nitrogens with zero attached hydrogens (tertiary/aromatic N) is 1. The minimum absolute atomic E-state index is 0.0117. The zero-order valence-electron chi connectivity index (χ0n) is 9.47. The summed E-state index contributed by atoms with van der Waals surface area (Å²) < 4.78 is 5.03. The summed E-state index contributed by atoms with van der Waals surface area (Å²) in [6.07, 6.45) is 0.0117. The summed E-state index contributed by atoms with van der Waals surface area (Å²) in [6.45, 7) is 3.10. The quantitative estimate of drug-likeness (QED) is 0.860. The largest absolute Gasteiger partial charge is 0.383 e. The van der Waals surface area contributed by atoms with Gasteiger partial charge in [0.2, 0.25) is 5.91 Å². The number of amides is 1.